The van der Waals surface area contributed by atoms with Crippen LogP contribution in [0.15, 0.2) is 0 Å². The van der Waals surface area contributed by atoms with Gasteiger partial charge in [0, 0.05) is 19.7 Å². The molecule has 8 heteroatoms. The molecule has 5 N–H and O–H groups in total. The lowest BCUT2D eigenvalue weighted by molar-refractivity contribution is 0.109. The maximum absolute atomic E-state index is 8.88. The van der Waals surface area contributed by atoms with E-state index in [9.17, 15) is 0 Å². The second-order valence-corrected chi connectivity index (χ2v) is 3.98. The summed E-state index contributed by atoms with van der Waals surface area (Å²) >= 11 is 0. The summed E-state index contributed by atoms with van der Waals surface area (Å²) in [6.45, 7) is 6.23. The third-order valence-electron chi connectivity index (χ3n) is 1.36. The number of hydrogen-bond acceptors (Lipinski definition) is 4. The monoisotopic (exact) mass is 259 g/mol. The van der Waals surface area contributed by atoms with Gasteiger partial charge in [-0.3, -0.25) is 0 Å². The van der Waals surface area contributed by atoms with Crippen LogP contribution in [0.5, 0.6) is 0 Å². The fourth-order valence-electron chi connectivity index (χ4n) is 0.674. The van der Waals surface area contributed by atoms with Crippen molar-refractivity contribution in [2.45, 2.75) is 19.8 Å². The lowest BCUT2D eigenvalue weighted by atomic mass is 10.4. The third kappa shape index (κ3) is 37.0. The Morgan fingerprint density at radius 2 is 1.69 bits per heavy atom. The molecule has 1 heterocycles. The summed E-state index contributed by atoms with van der Waals surface area (Å²) in [5, 5.41) is 11.2. The second kappa shape index (κ2) is 13.1. The lowest BCUT2D eigenvalue weighted by Crippen LogP contribution is -2.30. The minimum Gasteiger partial charge on any atom is -0.396 e. The van der Waals surface area contributed by atoms with Crippen molar-refractivity contribution in [2.24, 2.45) is 0 Å². The van der Waals surface area contributed by atoms with Crippen molar-refractivity contribution in [1.29, 1.82) is 0 Å². The molecule has 0 atom stereocenters. The molecule has 0 unspecified atom stereocenters. The van der Waals surface area contributed by atoms with Gasteiger partial charge in [-0.2, -0.15) is 0 Å². The van der Waals surface area contributed by atoms with Gasteiger partial charge in [0.2, 0.25) is 0 Å². The quantitative estimate of drug-likeness (QED) is 0.422. The maximum Gasteiger partial charge on any atom is 0.466 e. The molecule has 1 saturated heterocycles. The Morgan fingerprint density at radius 3 is 1.75 bits per heavy atom. The first-order chi connectivity index (χ1) is 7.41. The average molecular weight is 259 g/mol. The zero-order chi connectivity index (χ0) is 12.9. The van der Waals surface area contributed by atoms with Crippen molar-refractivity contribution in [1.82, 2.24) is 5.32 Å². The topological polar surface area (TPSA) is 119 Å². The summed E-state index contributed by atoms with van der Waals surface area (Å²) in [6.07, 6.45) is 2.04. The Balaban J connectivity index is 0. The number of aliphatic hydroxyl groups excluding tert-OH is 1. The highest BCUT2D eigenvalue weighted by Crippen LogP contribution is 2.25. The number of hydrogen-bond donors (Lipinski definition) is 5. The summed E-state index contributed by atoms with van der Waals surface area (Å²) in [5.74, 6) is 0. The molecule has 0 aromatic carbocycles. The summed E-state index contributed by atoms with van der Waals surface area (Å²) in [6, 6.07) is 0. The highest BCUT2D eigenvalue weighted by atomic mass is 31.2. The van der Waals surface area contributed by atoms with Crippen LogP contribution in [-0.4, -0.2) is 52.7 Å². The Hall–Kier alpha value is -0.0100. The van der Waals surface area contributed by atoms with Gasteiger partial charge >= 0.3 is 7.82 Å². The fraction of sp³-hybridized carbons (Fsp3) is 1.00. The number of unbranched alkanes of at least 4 members (excludes halogenated alkanes) is 1. The molecule has 0 aliphatic carbocycles. The Morgan fingerprint density at radius 1 is 1.25 bits per heavy atom. The van der Waals surface area contributed by atoms with Crippen LogP contribution in [-0.2, 0) is 9.30 Å². The van der Waals surface area contributed by atoms with Gasteiger partial charge < -0.3 is 29.8 Å². The molecule has 16 heavy (non-hydrogen) atoms. The van der Waals surface area contributed by atoms with Crippen LogP contribution in [0.3, 0.4) is 0 Å². The molecule has 1 fully saturated rings. The van der Waals surface area contributed by atoms with E-state index in [0.717, 1.165) is 39.1 Å². The van der Waals surface area contributed by atoms with Crippen LogP contribution in [0, 0.1) is 0 Å². The van der Waals surface area contributed by atoms with Crippen LogP contribution >= 0.6 is 7.82 Å². The highest BCUT2D eigenvalue weighted by Gasteiger charge is 2.00. The number of aliphatic hydroxyl groups is 1. The maximum atomic E-state index is 8.88. The van der Waals surface area contributed by atoms with Gasteiger partial charge in [-0.05, 0) is 6.42 Å². The summed E-state index contributed by atoms with van der Waals surface area (Å²) in [5.41, 5.74) is 0. The smallest absolute Gasteiger partial charge is 0.396 e. The molecule has 100 valence electrons. The van der Waals surface area contributed by atoms with E-state index in [1.165, 1.54) is 0 Å². The number of nitrogens with one attached hydrogen (secondary N) is 1. The molecule has 0 spiro atoms. The minimum atomic E-state index is -4.64. The van der Waals surface area contributed by atoms with Crippen LogP contribution < -0.4 is 5.32 Å². The van der Waals surface area contributed by atoms with E-state index in [1.54, 1.807) is 0 Å². The Bertz CT molecular complexity index is 148. The average Bonchev–Trinajstić information content (AvgIpc) is 2.20. The largest absolute Gasteiger partial charge is 0.466 e. The summed E-state index contributed by atoms with van der Waals surface area (Å²) < 4.78 is 13.9. The van der Waals surface area contributed by atoms with Crippen molar-refractivity contribution >= 4 is 7.82 Å². The van der Waals surface area contributed by atoms with E-state index < -0.39 is 7.82 Å². The molecule has 1 rings (SSSR count). The molecule has 0 radical (unpaired) electrons. The molecule has 0 bridgehead atoms. The van der Waals surface area contributed by atoms with Crippen molar-refractivity contribution in [2.75, 3.05) is 32.9 Å². The molecule has 0 saturated carbocycles. The molecule has 0 amide bonds. The van der Waals surface area contributed by atoms with Crippen LogP contribution in [0.25, 0.3) is 0 Å². The number of ether oxygens (including phenoxy) is 1. The van der Waals surface area contributed by atoms with E-state index in [1.807, 2.05) is 0 Å². The first-order valence-corrected chi connectivity index (χ1v) is 6.66. The van der Waals surface area contributed by atoms with Crippen molar-refractivity contribution < 1.29 is 29.1 Å². The molecule has 1 aliphatic rings. The SMILES string of the molecule is C1COCCN1.CCCCO.O=P(O)(O)O. The van der Waals surface area contributed by atoms with E-state index in [2.05, 4.69) is 12.2 Å². The van der Waals surface area contributed by atoms with Crippen LogP contribution in [0.1, 0.15) is 19.8 Å². The van der Waals surface area contributed by atoms with Crippen LogP contribution in [0.4, 0.5) is 0 Å². The molecular weight excluding hydrogens is 237 g/mol. The molecule has 1 aliphatic heterocycles. The van der Waals surface area contributed by atoms with Gasteiger partial charge in [0.05, 0.1) is 13.2 Å². The minimum absolute atomic E-state index is 0.344. The van der Waals surface area contributed by atoms with Crippen molar-refractivity contribution in [3.05, 3.63) is 0 Å². The van der Waals surface area contributed by atoms with Gasteiger partial charge in [0.1, 0.15) is 0 Å². The molecular formula is C8H22NO6P. The first kappa shape index (κ1) is 18.4. The number of morpholine rings is 1. The van der Waals surface area contributed by atoms with E-state index in [4.69, 9.17) is 29.1 Å². The lowest BCUT2D eigenvalue weighted by Gasteiger charge is -2.10. The molecule has 0 aromatic rings. The Labute approximate surface area is 95.7 Å². The summed E-state index contributed by atoms with van der Waals surface area (Å²) in [4.78, 5) is 21.6. The fourth-order valence-corrected chi connectivity index (χ4v) is 0.674. The zero-order valence-electron chi connectivity index (χ0n) is 9.50. The second-order valence-electron chi connectivity index (χ2n) is 2.95. The normalized spacial score (nSPS) is 15.3. The van der Waals surface area contributed by atoms with Crippen molar-refractivity contribution in [3.8, 4) is 0 Å². The van der Waals surface area contributed by atoms with Crippen molar-refractivity contribution in [3.63, 3.8) is 0 Å². The van der Waals surface area contributed by atoms with E-state index in [0.29, 0.717) is 6.61 Å². The van der Waals surface area contributed by atoms with Gasteiger partial charge in [-0.1, -0.05) is 13.3 Å². The third-order valence-corrected chi connectivity index (χ3v) is 1.36. The number of rotatable bonds is 2. The Kier molecular flexibility index (Phi) is 15.0. The first-order valence-electron chi connectivity index (χ1n) is 5.09. The number of phosphoric acid groups is 1. The van der Waals surface area contributed by atoms with Gasteiger partial charge in [-0.25, -0.2) is 4.57 Å². The van der Waals surface area contributed by atoms with Crippen LogP contribution in [0.2, 0.25) is 0 Å². The predicted octanol–water partition coefficient (Wildman–Crippen LogP) is -0.544. The predicted molar refractivity (Wildman–Crippen MR) is 59.9 cm³/mol. The summed E-state index contributed by atoms with van der Waals surface area (Å²) in [7, 11) is -4.64. The molecule has 7 nitrogen and oxygen atoms in total. The van der Waals surface area contributed by atoms with Gasteiger partial charge in [0.15, 0.2) is 0 Å². The van der Waals surface area contributed by atoms with E-state index in [-0.39, 0.29) is 0 Å². The zero-order valence-corrected chi connectivity index (χ0v) is 10.4. The molecule has 0 aromatic heterocycles. The van der Waals surface area contributed by atoms with E-state index >= 15 is 0 Å². The standard InChI is InChI=1S/C4H9NO.C4H10O.H3O4P/c1-3-6-4-2-5-1;1-2-3-4-5;1-5(2,3)4/h5H,1-4H2;5H,2-4H2,1H3;(H3,1,2,3,4). The van der Waals surface area contributed by atoms with Gasteiger partial charge in [0.25, 0.3) is 0 Å². The van der Waals surface area contributed by atoms with Gasteiger partial charge in [-0.15, -0.1) is 0 Å². The highest BCUT2D eigenvalue weighted by molar-refractivity contribution is 7.45.